The van der Waals surface area contributed by atoms with Gasteiger partial charge in [0, 0.05) is 36.0 Å². The number of nitrogens with zero attached hydrogens (tertiary/aromatic N) is 1. The van der Waals surface area contributed by atoms with E-state index in [-0.39, 0.29) is 23.5 Å². The predicted octanol–water partition coefficient (Wildman–Crippen LogP) is 5.15. The number of carbonyl (C=O) groups excluding carboxylic acids is 1. The maximum absolute atomic E-state index is 13.4. The van der Waals surface area contributed by atoms with Gasteiger partial charge in [0.15, 0.2) is 11.1 Å². The molecule has 188 valence electrons. The first kappa shape index (κ1) is 24.5. The number of aromatic nitrogens is 1. The third-order valence-electron chi connectivity index (χ3n) is 6.69. The van der Waals surface area contributed by atoms with Crippen molar-refractivity contribution in [3.8, 4) is 11.3 Å². The fourth-order valence-corrected chi connectivity index (χ4v) is 4.76. The first-order valence-corrected chi connectivity index (χ1v) is 12.5. The minimum absolute atomic E-state index is 0.0438. The molecule has 1 aliphatic rings. The van der Waals surface area contributed by atoms with Gasteiger partial charge in [0.1, 0.15) is 11.3 Å². The second kappa shape index (κ2) is 10.5. The van der Waals surface area contributed by atoms with E-state index in [2.05, 4.69) is 27.8 Å². The molecule has 1 saturated heterocycles. The highest BCUT2D eigenvalue weighted by atomic mass is 16.5. The monoisotopic (exact) mass is 495 g/mol. The SMILES string of the molecule is Cc1cc([C@@H](C)Nc2cccnc2C(=O)NCC2CCCO2)c2oc(-c3cc#ccc3)c(C)c(=O)c2c1. The lowest BCUT2D eigenvalue weighted by Gasteiger charge is -2.20. The molecule has 0 saturated carbocycles. The van der Waals surface area contributed by atoms with Crippen LogP contribution in [0.5, 0.6) is 0 Å². The number of ether oxygens (including phenoxy) is 1. The molecule has 3 heterocycles. The minimum Gasteiger partial charge on any atom is -0.455 e. The van der Waals surface area contributed by atoms with E-state index >= 15 is 0 Å². The van der Waals surface area contributed by atoms with E-state index in [9.17, 15) is 9.59 Å². The molecule has 1 fully saturated rings. The molecule has 7 heteroatoms. The molecule has 37 heavy (non-hydrogen) atoms. The van der Waals surface area contributed by atoms with Gasteiger partial charge in [0.2, 0.25) is 0 Å². The van der Waals surface area contributed by atoms with E-state index in [4.69, 9.17) is 9.15 Å². The number of nitrogens with one attached hydrogen (secondary N) is 2. The van der Waals surface area contributed by atoms with Crippen LogP contribution in [0.3, 0.4) is 0 Å². The molecule has 1 amide bonds. The highest BCUT2D eigenvalue weighted by Crippen LogP contribution is 2.32. The number of amides is 1. The number of rotatable bonds is 7. The van der Waals surface area contributed by atoms with Gasteiger partial charge < -0.3 is 19.8 Å². The number of anilines is 1. The maximum Gasteiger partial charge on any atom is 0.272 e. The Morgan fingerprint density at radius 1 is 1.24 bits per heavy atom. The van der Waals surface area contributed by atoms with Crippen LogP contribution in [0.2, 0.25) is 0 Å². The Hall–Kier alpha value is -4.15. The van der Waals surface area contributed by atoms with Gasteiger partial charge in [0.25, 0.3) is 5.91 Å². The van der Waals surface area contributed by atoms with Crippen LogP contribution in [0.15, 0.2) is 57.9 Å². The highest BCUT2D eigenvalue weighted by molar-refractivity contribution is 5.97. The summed E-state index contributed by atoms with van der Waals surface area (Å²) >= 11 is 0. The number of fused-ring (bicyclic) bond motifs is 1. The molecule has 2 aromatic heterocycles. The standard InChI is InChI=1S/C30H29N3O4/c1-18-15-23(29-24(16-18)27(34)19(2)28(37-29)21-9-5-4-6-10-21)20(3)33-25-12-7-13-31-26(25)30(35)32-17-22-11-8-14-36-22/h5,7,9-10,12-13,15-16,20,22,33H,8,11,14,17H2,1-3H3,(H,32,35)/t20-,22?/m1/s1. The summed E-state index contributed by atoms with van der Waals surface area (Å²) in [5.74, 6) is 0.247. The van der Waals surface area contributed by atoms with Crippen LogP contribution in [0, 0.1) is 26.0 Å². The number of pyridine rings is 1. The van der Waals surface area contributed by atoms with Gasteiger partial charge in [-0.05, 0) is 75.6 Å². The van der Waals surface area contributed by atoms with Crippen molar-refractivity contribution < 1.29 is 13.9 Å². The predicted molar refractivity (Wildman–Crippen MR) is 143 cm³/mol. The lowest BCUT2D eigenvalue weighted by molar-refractivity contribution is 0.0854. The molecule has 0 aliphatic carbocycles. The van der Waals surface area contributed by atoms with Gasteiger partial charge in [0.05, 0.1) is 23.2 Å². The molecule has 7 nitrogen and oxygen atoms in total. The Balaban J connectivity index is 1.49. The second-order valence-corrected chi connectivity index (χ2v) is 9.45. The van der Waals surface area contributed by atoms with Crippen molar-refractivity contribution in [2.75, 3.05) is 18.5 Å². The van der Waals surface area contributed by atoms with Gasteiger partial charge in [-0.15, -0.1) is 0 Å². The summed E-state index contributed by atoms with van der Waals surface area (Å²) in [5, 5.41) is 6.89. The fraction of sp³-hybridized carbons (Fsp3) is 0.300. The molecule has 2 aromatic carbocycles. The van der Waals surface area contributed by atoms with Crippen molar-refractivity contribution in [1.29, 1.82) is 0 Å². The van der Waals surface area contributed by atoms with Crippen molar-refractivity contribution in [1.82, 2.24) is 10.3 Å². The first-order chi connectivity index (χ1) is 17.9. The largest absolute Gasteiger partial charge is 0.455 e. The van der Waals surface area contributed by atoms with E-state index in [1.54, 1.807) is 31.3 Å². The molecule has 0 radical (unpaired) electrons. The van der Waals surface area contributed by atoms with Crippen LogP contribution < -0.4 is 16.1 Å². The van der Waals surface area contributed by atoms with Gasteiger partial charge in [-0.25, -0.2) is 4.98 Å². The summed E-state index contributed by atoms with van der Waals surface area (Å²) in [4.78, 5) is 30.7. The maximum atomic E-state index is 13.4. The van der Waals surface area contributed by atoms with E-state index in [0.717, 1.165) is 36.1 Å². The zero-order valence-corrected chi connectivity index (χ0v) is 21.2. The second-order valence-electron chi connectivity index (χ2n) is 9.45. The molecule has 1 unspecified atom stereocenters. The average Bonchev–Trinajstić information content (AvgIpc) is 3.44. The van der Waals surface area contributed by atoms with Crippen LogP contribution in [-0.2, 0) is 4.74 Å². The Labute approximate surface area is 215 Å². The van der Waals surface area contributed by atoms with Gasteiger partial charge >= 0.3 is 0 Å². The molecule has 1 aliphatic heterocycles. The Kier molecular flexibility index (Phi) is 6.93. The van der Waals surface area contributed by atoms with Crippen molar-refractivity contribution in [3.63, 3.8) is 0 Å². The summed E-state index contributed by atoms with van der Waals surface area (Å²) in [6, 6.07) is 18.3. The zero-order chi connectivity index (χ0) is 25.9. The molecule has 2 N–H and O–H groups in total. The quantitative estimate of drug-likeness (QED) is 0.368. The van der Waals surface area contributed by atoms with Crippen LogP contribution in [-0.4, -0.2) is 30.1 Å². The van der Waals surface area contributed by atoms with Crippen LogP contribution >= 0.6 is 0 Å². The number of aryl methyl sites for hydroxylation is 1. The molecule has 4 aromatic rings. The van der Waals surface area contributed by atoms with E-state index in [1.807, 2.05) is 38.1 Å². The van der Waals surface area contributed by atoms with Crippen molar-refractivity contribution in [2.24, 2.45) is 0 Å². The zero-order valence-electron chi connectivity index (χ0n) is 21.2. The number of benzene rings is 1. The summed E-state index contributed by atoms with van der Waals surface area (Å²) < 4.78 is 12.0. The average molecular weight is 496 g/mol. The number of carbonyl (C=O) groups is 1. The van der Waals surface area contributed by atoms with E-state index < -0.39 is 0 Å². The molecular formula is C30H29N3O4. The van der Waals surface area contributed by atoms with E-state index in [0.29, 0.717) is 40.2 Å². The lowest BCUT2D eigenvalue weighted by atomic mass is 9.99. The van der Waals surface area contributed by atoms with Gasteiger partial charge in [-0.1, -0.05) is 18.2 Å². The van der Waals surface area contributed by atoms with Gasteiger partial charge in [-0.2, -0.15) is 0 Å². The summed E-state index contributed by atoms with van der Waals surface area (Å²) in [6.07, 6.45) is 3.59. The summed E-state index contributed by atoms with van der Waals surface area (Å²) in [5.41, 5.74) is 4.40. The molecule has 0 bridgehead atoms. The molecule has 2 atom stereocenters. The highest BCUT2D eigenvalue weighted by Gasteiger charge is 2.22. The van der Waals surface area contributed by atoms with Crippen LogP contribution in [0.1, 0.15) is 53.0 Å². The van der Waals surface area contributed by atoms with Crippen molar-refractivity contribution in [2.45, 2.75) is 45.8 Å². The van der Waals surface area contributed by atoms with Crippen molar-refractivity contribution >= 4 is 22.6 Å². The number of hydrogen-bond donors (Lipinski definition) is 2. The Morgan fingerprint density at radius 2 is 2.11 bits per heavy atom. The summed E-state index contributed by atoms with van der Waals surface area (Å²) in [7, 11) is 0. The third-order valence-corrected chi connectivity index (χ3v) is 6.69. The van der Waals surface area contributed by atoms with Crippen LogP contribution in [0.25, 0.3) is 22.3 Å². The molecule has 5 rings (SSSR count). The van der Waals surface area contributed by atoms with Crippen molar-refractivity contribution in [3.05, 3.63) is 93.4 Å². The smallest absolute Gasteiger partial charge is 0.272 e. The fourth-order valence-electron chi connectivity index (χ4n) is 4.76. The first-order valence-electron chi connectivity index (χ1n) is 12.5. The van der Waals surface area contributed by atoms with E-state index in [1.165, 1.54) is 0 Å². The minimum atomic E-state index is -0.286. The lowest BCUT2D eigenvalue weighted by Crippen LogP contribution is -2.32. The molecular weight excluding hydrogens is 466 g/mol. The normalized spacial score (nSPS) is 15.8. The van der Waals surface area contributed by atoms with Gasteiger partial charge in [-0.3, -0.25) is 9.59 Å². The molecule has 0 spiro atoms. The summed E-state index contributed by atoms with van der Waals surface area (Å²) in [6.45, 7) is 6.89. The Morgan fingerprint density at radius 3 is 2.86 bits per heavy atom. The number of hydrogen-bond acceptors (Lipinski definition) is 6. The van der Waals surface area contributed by atoms with Crippen LogP contribution in [0.4, 0.5) is 5.69 Å². The Bertz CT molecular complexity index is 1490. The topological polar surface area (TPSA) is 93.5 Å². The third kappa shape index (κ3) is 5.07.